The molecule has 0 aromatic carbocycles. The van der Waals surface area contributed by atoms with Gasteiger partial charge < -0.3 is 15.5 Å². The van der Waals surface area contributed by atoms with Gasteiger partial charge in [-0.05, 0) is 45.2 Å². The summed E-state index contributed by atoms with van der Waals surface area (Å²) in [5, 5.41) is 6.71. The van der Waals surface area contributed by atoms with Gasteiger partial charge in [-0.15, -0.1) is 0 Å². The highest BCUT2D eigenvalue weighted by Gasteiger charge is 2.32. The molecule has 0 bridgehead atoms. The maximum Gasteiger partial charge on any atom is 0.220 e. The van der Waals surface area contributed by atoms with Crippen LogP contribution in [0.4, 0.5) is 0 Å². The summed E-state index contributed by atoms with van der Waals surface area (Å²) in [5.41, 5.74) is 0. The van der Waals surface area contributed by atoms with Gasteiger partial charge in [-0.3, -0.25) is 4.79 Å². The lowest BCUT2D eigenvalue weighted by molar-refractivity contribution is -0.122. The second-order valence-electron chi connectivity index (χ2n) is 5.76. The highest BCUT2D eigenvalue weighted by atomic mass is 16.1. The molecule has 3 atom stereocenters. The third-order valence-corrected chi connectivity index (χ3v) is 4.56. The van der Waals surface area contributed by atoms with Gasteiger partial charge in [-0.2, -0.15) is 0 Å². The minimum atomic E-state index is 0.216. The van der Waals surface area contributed by atoms with Gasteiger partial charge in [0, 0.05) is 31.1 Å². The summed E-state index contributed by atoms with van der Waals surface area (Å²) < 4.78 is 0. The maximum atomic E-state index is 11.1. The molecule has 4 nitrogen and oxygen atoms in total. The number of nitrogens with zero attached hydrogens (tertiary/aromatic N) is 1. The summed E-state index contributed by atoms with van der Waals surface area (Å²) >= 11 is 0. The number of hydrogen-bond acceptors (Lipinski definition) is 3. The van der Waals surface area contributed by atoms with Crippen LogP contribution in [0.15, 0.2) is 0 Å². The zero-order valence-electron chi connectivity index (χ0n) is 10.5. The lowest BCUT2D eigenvalue weighted by Crippen LogP contribution is -2.53. The molecule has 96 valence electrons. The normalized spacial score (nSPS) is 38.8. The molecule has 3 fully saturated rings. The number of piperidine rings is 2. The van der Waals surface area contributed by atoms with Crippen molar-refractivity contribution in [3.8, 4) is 0 Å². The molecule has 0 aliphatic carbocycles. The number of carbonyl (C=O) groups is 1. The van der Waals surface area contributed by atoms with Crippen LogP contribution in [0.5, 0.6) is 0 Å². The van der Waals surface area contributed by atoms with Crippen molar-refractivity contribution in [3.63, 3.8) is 0 Å². The molecular formula is C13H23N3O. The van der Waals surface area contributed by atoms with E-state index in [2.05, 4.69) is 15.5 Å². The third kappa shape index (κ3) is 2.63. The topological polar surface area (TPSA) is 44.4 Å². The van der Waals surface area contributed by atoms with Gasteiger partial charge in [0.15, 0.2) is 0 Å². The highest BCUT2D eigenvalue weighted by molar-refractivity contribution is 5.76. The standard InChI is InChI=1S/C13H23N3O/c17-13-4-3-11(9-14-13)15-10-5-7-16-6-1-2-12(16)8-10/h10-12,15H,1-9H2,(H,14,17). The van der Waals surface area contributed by atoms with Crippen LogP contribution in [0.25, 0.3) is 0 Å². The van der Waals surface area contributed by atoms with Crippen LogP contribution >= 0.6 is 0 Å². The molecular weight excluding hydrogens is 214 g/mol. The van der Waals surface area contributed by atoms with Crippen LogP contribution in [-0.4, -0.2) is 48.6 Å². The molecule has 0 radical (unpaired) electrons. The van der Waals surface area contributed by atoms with E-state index in [4.69, 9.17) is 0 Å². The summed E-state index contributed by atoms with van der Waals surface area (Å²) in [6.45, 7) is 3.40. The van der Waals surface area contributed by atoms with Crippen molar-refractivity contribution in [1.29, 1.82) is 0 Å². The van der Waals surface area contributed by atoms with Crippen LogP contribution in [0.1, 0.15) is 38.5 Å². The largest absolute Gasteiger partial charge is 0.355 e. The Kier molecular flexibility index (Phi) is 3.34. The van der Waals surface area contributed by atoms with Gasteiger partial charge in [0.1, 0.15) is 0 Å². The van der Waals surface area contributed by atoms with Gasteiger partial charge >= 0.3 is 0 Å². The van der Waals surface area contributed by atoms with Crippen LogP contribution in [0.3, 0.4) is 0 Å². The van der Waals surface area contributed by atoms with Crippen molar-refractivity contribution in [2.75, 3.05) is 19.6 Å². The summed E-state index contributed by atoms with van der Waals surface area (Å²) in [7, 11) is 0. The number of nitrogens with one attached hydrogen (secondary N) is 2. The first kappa shape index (κ1) is 11.5. The van der Waals surface area contributed by atoms with Crippen molar-refractivity contribution in [2.24, 2.45) is 0 Å². The Labute approximate surface area is 103 Å². The van der Waals surface area contributed by atoms with E-state index in [0.717, 1.165) is 19.0 Å². The molecule has 0 saturated carbocycles. The van der Waals surface area contributed by atoms with Crippen molar-refractivity contribution in [2.45, 2.75) is 56.7 Å². The zero-order chi connectivity index (χ0) is 11.7. The average Bonchev–Trinajstić information content (AvgIpc) is 2.79. The van der Waals surface area contributed by atoms with Crippen LogP contribution in [0, 0.1) is 0 Å². The fourth-order valence-electron chi connectivity index (χ4n) is 3.58. The second-order valence-corrected chi connectivity index (χ2v) is 5.76. The number of rotatable bonds is 2. The van der Waals surface area contributed by atoms with Crippen molar-refractivity contribution < 1.29 is 4.79 Å². The first-order valence-electron chi connectivity index (χ1n) is 7.08. The summed E-state index contributed by atoms with van der Waals surface area (Å²) in [4.78, 5) is 13.8. The van der Waals surface area contributed by atoms with E-state index in [0.29, 0.717) is 18.5 Å². The Balaban J connectivity index is 1.47. The zero-order valence-corrected chi connectivity index (χ0v) is 10.5. The second kappa shape index (κ2) is 4.94. The molecule has 2 N–H and O–H groups in total. The molecule has 3 aliphatic rings. The number of amides is 1. The van der Waals surface area contributed by atoms with Gasteiger partial charge in [-0.1, -0.05) is 0 Å². The Hall–Kier alpha value is -0.610. The minimum Gasteiger partial charge on any atom is -0.355 e. The fraction of sp³-hybridized carbons (Fsp3) is 0.923. The Bertz CT molecular complexity index is 284. The molecule has 3 saturated heterocycles. The maximum absolute atomic E-state index is 11.1. The first-order chi connectivity index (χ1) is 8.31. The fourth-order valence-corrected chi connectivity index (χ4v) is 3.58. The van der Waals surface area contributed by atoms with Crippen molar-refractivity contribution in [1.82, 2.24) is 15.5 Å². The van der Waals surface area contributed by atoms with E-state index in [-0.39, 0.29) is 5.91 Å². The molecule has 3 heterocycles. The monoisotopic (exact) mass is 237 g/mol. The first-order valence-corrected chi connectivity index (χ1v) is 7.08. The SMILES string of the molecule is O=C1CCC(NC2CCN3CCCC3C2)CN1. The van der Waals surface area contributed by atoms with E-state index < -0.39 is 0 Å². The molecule has 0 aromatic rings. The minimum absolute atomic E-state index is 0.216. The van der Waals surface area contributed by atoms with Gasteiger partial charge in [0.25, 0.3) is 0 Å². The quantitative estimate of drug-likeness (QED) is 0.734. The van der Waals surface area contributed by atoms with Crippen molar-refractivity contribution in [3.05, 3.63) is 0 Å². The number of carbonyl (C=O) groups excluding carboxylic acids is 1. The van der Waals surface area contributed by atoms with Crippen LogP contribution in [0.2, 0.25) is 0 Å². The predicted octanol–water partition coefficient (Wildman–Crippen LogP) is 0.481. The average molecular weight is 237 g/mol. The number of fused-ring (bicyclic) bond motifs is 1. The molecule has 1 amide bonds. The Morgan fingerprint density at radius 2 is 2.12 bits per heavy atom. The van der Waals surface area contributed by atoms with Crippen LogP contribution < -0.4 is 10.6 Å². The van der Waals surface area contributed by atoms with Crippen molar-refractivity contribution >= 4 is 5.91 Å². The summed E-state index contributed by atoms with van der Waals surface area (Å²) in [5.74, 6) is 0.216. The Morgan fingerprint density at radius 1 is 1.18 bits per heavy atom. The molecule has 3 rings (SSSR count). The van der Waals surface area contributed by atoms with Gasteiger partial charge in [0.05, 0.1) is 0 Å². The lowest BCUT2D eigenvalue weighted by Gasteiger charge is -2.37. The van der Waals surface area contributed by atoms with E-state index in [9.17, 15) is 4.79 Å². The van der Waals surface area contributed by atoms with Gasteiger partial charge in [0.2, 0.25) is 5.91 Å². The van der Waals surface area contributed by atoms with Crippen LogP contribution in [-0.2, 0) is 4.79 Å². The summed E-state index contributed by atoms with van der Waals surface area (Å²) in [6, 6.07) is 2.01. The molecule has 3 aliphatic heterocycles. The Morgan fingerprint density at radius 3 is 2.94 bits per heavy atom. The highest BCUT2D eigenvalue weighted by Crippen LogP contribution is 2.27. The van der Waals surface area contributed by atoms with E-state index >= 15 is 0 Å². The molecule has 3 unspecified atom stereocenters. The van der Waals surface area contributed by atoms with E-state index in [1.165, 1.54) is 38.8 Å². The van der Waals surface area contributed by atoms with Gasteiger partial charge in [-0.25, -0.2) is 0 Å². The van der Waals surface area contributed by atoms with E-state index in [1.807, 2.05) is 0 Å². The molecule has 17 heavy (non-hydrogen) atoms. The smallest absolute Gasteiger partial charge is 0.220 e. The van der Waals surface area contributed by atoms with E-state index in [1.54, 1.807) is 0 Å². The molecule has 0 spiro atoms. The third-order valence-electron chi connectivity index (χ3n) is 4.56. The predicted molar refractivity (Wildman–Crippen MR) is 66.8 cm³/mol. The lowest BCUT2D eigenvalue weighted by atomic mass is 9.95. The summed E-state index contributed by atoms with van der Waals surface area (Å²) in [6.07, 6.45) is 7.07. The molecule has 4 heteroatoms. The molecule has 0 aromatic heterocycles. The number of hydrogen-bond donors (Lipinski definition) is 2.